The number of hydrogen-bond acceptors (Lipinski definition) is 4. The van der Waals surface area contributed by atoms with Crippen LogP contribution >= 0.6 is 11.6 Å². The van der Waals surface area contributed by atoms with Crippen molar-refractivity contribution < 1.29 is 4.79 Å². The highest BCUT2D eigenvalue weighted by atomic mass is 35.5. The van der Waals surface area contributed by atoms with Crippen molar-refractivity contribution in [3.63, 3.8) is 0 Å². The summed E-state index contributed by atoms with van der Waals surface area (Å²) in [5.74, 6) is 0.436. The second-order valence-electron chi connectivity index (χ2n) is 4.59. The summed E-state index contributed by atoms with van der Waals surface area (Å²) in [5, 5.41) is 12.0. The Morgan fingerprint density at radius 3 is 2.80 bits per heavy atom. The van der Waals surface area contributed by atoms with Crippen molar-refractivity contribution in [2.75, 3.05) is 18.4 Å². The van der Waals surface area contributed by atoms with E-state index in [2.05, 4.69) is 16.4 Å². The Balaban J connectivity index is 3.02. The van der Waals surface area contributed by atoms with Crippen LogP contribution in [-0.2, 0) is 0 Å². The van der Waals surface area contributed by atoms with E-state index < -0.39 is 0 Å². The maximum absolute atomic E-state index is 12.5. The van der Waals surface area contributed by atoms with Crippen LogP contribution in [0, 0.1) is 11.3 Å². The molecule has 6 heteroatoms. The summed E-state index contributed by atoms with van der Waals surface area (Å²) in [4.78, 5) is 18.3. The Kier molecular flexibility index (Phi) is 6.26. The molecular weight excluding hydrogens is 276 g/mol. The van der Waals surface area contributed by atoms with Crippen LogP contribution < -0.4 is 5.32 Å². The van der Waals surface area contributed by atoms with E-state index in [1.165, 1.54) is 0 Å². The second kappa shape index (κ2) is 7.71. The van der Waals surface area contributed by atoms with E-state index in [1.54, 1.807) is 17.0 Å². The number of nitriles is 1. The minimum absolute atomic E-state index is 0.0189. The summed E-state index contributed by atoms with van der Waals surface area (Å²) in [5.41, 5.74) is 0.479. The molecule has 0 atom stereocenters. The van der Waals surface area contributed by atoms with Gasteiger partial charge in [-0.1, -0.05) is 11.6 Å². The molecule has 0 aromatic carbocycles. The number of halogens is 1. The average molecular weight is 295 g/mol. The molecule has 0 fully saturated rings. The van der Waals surface area contributed by atoms with Gasteiger partial charge in [0.05, 0.1) is 12.5 Å². The highest BCUT2D eigenvalue weighted by Crippen LogP contribution is 2.17. The van der Waals surface area contributed by atoms with Crippen molar-refractivity contribution in [1.29, 1.82) is 5.26 Å². The van der Waals surface area contributed by atoms with Gasteiger partial charge in [-0.2, -0.15) is 5.26 Å². The van der Waals surface area contributed by atoms with E-state index in [-0.39, 0.29) is 17.1 Å². The minimum Gasteiger partial charge on any atom is -0.370 e. The van der Waals surface area contributed by atoms with Crippen molar-refractivity contribution in [2.45, 2.75) is 33.2 Å². The molecule has 1 amide bonds. The van der Waals surface area contributed by atoms with Crippen LogP contribution in [0.5, 0.6) is 0 Å². The highest BCUT2D eigenvalue weighted by Gasteiger charge is 2.19. The zero-order valence-electron chi connectivity index (χ0n) is 12.0. The number of amides is 1. The standard InChI is InChI=1S/C14H19ClN4O/c1-4-17-13-9-11(8-12(15)18-13)14(20)19(10(2)3)7-5-6-16/h8-10H,4-5,7H2,1-3H3,(H,17,18). The first-order valence-electron chi connectivity index (χ1n) is 6.59. The van der Waals surface area contributed by atoms with Crippen LogP contribution in [0.25, 0.3) is 0 Å². The predicted octanol–water partition coefficient (Wildman–Crippen LogP) is 2.93. The van der Waals surface area contributed by atoms with Gasteiger partial charge in [-0.25, -0.2) is 4.98 Å². The lowest BCUT2D eigenvalue weighted by Gasteiger charge is -2.26. The predicted molar refractivity (Wildman–Crippen MR) is 79.8 cm³/mol. The largest absolute Gasteiger partial charge is 0.370 e. The third-order valence-corrected chi connectivity index (χ3v) is 2.94. The zero-order valence-corrected chi connectivity index (χ0v) is 12.7. The third-order valence-electron chi connectivity index (χ3n) is 2.75. The molecule has 0 aliphatic rings. The first kappa shape index (κ1) is 16.3. The minimum atomic E-state index is -0.140. The molecule has 0 aliphatic heterocycles. The van der Waals surface area contributed by atoms with E-state index in [0.717, 1.165) is 0 Å². The fourth-order valence-electron chi connectivity index (χ4n) is 1.82. The Labute approximate surface area is 124 Å². The van der Waals surface area contributed by atoms with Crippen LogP contribution in [0.3, 0.4) is 0 Å². The van der Waals surface area contributed by atoms with Gasteiger partial charge in [0, 0.05) is 24.7 Å². The van der Waals surface area contributed by atoms with Gasteiger partial charge in [0.25, 0.3) is 5.91 Å². The average Bonchev–Trinajstić information content (AvgIpc) is 2.38. The fraction of sp³-hybridized carbons (Fsp3) is 0.500. The lowest BCUT2D eigenvalue weighted by Crippen LogP contribution is -2.37. The maximum Gasteiger partial charge on any atom is 0.254 e. The Morgan fingerprint density at radius 2 is 2.25 bits per heavy atom. The maximum atomic E-state index is 12.5. The number of hydrogen-bond donors (Lipinski definition) is 1. The topological polar surface area (TPSA) is 69.0 Å². The summed E-state index contributed by atoms with van der Waals surface area (Å²) in [6, 6.07) is 5.30. The van der Waals surface area contributed by atoms with E-state index in [1.807, 2.05) is 20.8 Å². The first-order chi connectivity index (χ1) is 9.49. The van der Waals surface area contributed by atoms with E-state index in [9.17, 15) is 4.79 Å². The molecule has 1 rings (SSSR count). The van der Waals surface area contributed by atoms with Gasteiger partial charge in [0.15, 0.2) is 0 Å². The normalized spacial score (nSPS) is 10.2. The number of carbonyl (C=O) groups excluding carboxylic acids is 1. The van der Waals surface area contributed by atoms with Crippen molar-refractivity contribution >= 4 is 23.3 Å². The lowest BCUT2D eigenvalue weighted by molar-refractivity contribution is 0.0710. The zero-order chi connectivity index (χ0) is 15.1. The summed E-state index contributed by atoms with van der Waals surface area (Å²) < 4.78 is 0. The highest BCUT2D eigenvalue weighted by molar-refractivity contribution is 6.29. The van der Waals surface area contributed by atoms with E-state index >= 15 is 0 Å². The molecule has 0 radical (unpaired) electrons. The molecule has 0 bridgehead atoms. The van der Waals surface area contributed by atoms with Gasteiger partial charge < -0.3 is 10.2 Å². The van der Waals surface area contributed by atoms with Crippen molar-refractivity contribution in [3.8, 4) is 6.07 Å². The second-order valence-corrected chi connectivity index (χ2v) is 4.98. The number of carbonyl (C=O) groups is 1. The number of pyridine rings is 1. The van der Waals surface area contributed by atoms with Gasteiger partial charge in [-0.05, 0) is 32.9 Å². The molecule has 1 aromatic heterocycles. The molecule has 0 aliphatic carbocycles. The fourth-order valence-corrected chi connectivity index (χ4v) is 2.03. The molecule has 0 spiro atoms. The molecule has 0 unspecified atom stereocenters. The molecule has 0 saturated carbocycles. The smallest absolute Gasteiger partial charge is 0.254 e. The molecule has 20 heavy (non-hydrogen) atoms. The SMILES string of the molecule is CCNc1cc(C(=O)N(CCC#N)C(C)C)cc(Cl)n1. The number of rotatable bonds is 6. The molecule has 1 N–H and O–H groups in total. The molecule has 0 saturated heterocycles. The number of nitrogens with one attached hydrogen (secondary N) is 1. The Hall–Kier alpha value is -1.80. The summed E-state index contributed by atoms with van der Waals surface area (Å²) in [6.45, 7) is 6.89. The van der Waals surface area contributed by atoms with Crippen molar-refractivity contribution in [2.24, 2.45) is 0 Å². The van der Waals surface area contributed by atoms with Crippen LogP contribution in [-0.4, -0.2) is 34.9 Å². The van der Waals surface area contributed by atoms with E-state index in [0.29, 0.717) is 30.9 Å². The molecule has 5 nitrogen and oxygen atoms in total. The van der Waals surface area contributed by atoms with E-state index in [4.69, 9.17) is 16.9 Å². The van der Waals surface area contributed by atoms with Crippen LogP contribution in [0.2, 0.25) is 5.15 Å². The Bertz CT molecular complexity index is 510. The number of nitrogens with zero attached hydrogens (tertiary/aromatic N) is 3. The first-order valence-corrected chi connectivity index (χ1v) is 6.96. The van der Waals surface area contributed by atoms with Gasteiger partial charge in [-0.3, -0.25) is 4.79 Å². The summed E-state index contributed by atoms with van der Waals surface area (Å²) >= 11 is 5.94. The number of aromatic nitrogens is 1. The van der Waals surface area contributed by atoms with Gasteiger partial charge in [0.2, 0.25) is 0 Å². The molecule has 1 heterocycles. The summed E-state index contributed by atoms with van der Waals surface area (Å²) in [6.07, 6.45) is 0.308. The molecular formula is C14H19ClN4O. The van der Waals surface area contributed by atoms with Gasteiger partial charge in [-0.15, -0.1) is 0 Å². The Morgan fingerprint density at radius 1 is 1.55 bits per heavy atom. The lowest BCUT2D eigenvalue weighted by atomic mass is 10.2. The van der Waals surface area contributed by atoms with Crippen LogP contribution in [0.1, 0.15) is 37.6 Å². The third kappa shape index (κ3) is 4.39. The quantitative estimate of drug-likeness (QED) is 0.819. The summed E-state index contributed by atoms with van der Waals surface area (Å²) in [7, 11) is 0. The van der Waals surface area contributed by atoms with Crippen LogP contribution in [0.4, 0.5) is 5.82 Å². The number of anilines is 1. The van der Waals surface area contributed by atoms with Gasteiger partial charge in [0.1, 0.15) is 11.0 Å². The van der Waals surface area contributed by atoms with Crippen molar-refractivity contribution in [3.05, 3.63) is 22.8 Å². The van der Waals surface area contributed by atoms with Gasteiger partial charge >= 0.3 is 0 Å². The van der Waals surface area contributed by atoms with Crippen molar-refractivity contribution in [1.82, 2.24) is 9.88 Å². The molecule has 1 aromatic rings. The van der Waals surface area contributed by atoms with Crippen LogP contribution in [0.15, 0.2) is 12.1 Å². The molecule has 108 valence electrons. The monoisotopic (exact) mass is 294 g/mol.